The lowest BCUT2D eigenvalue weighted by Gasteiger charge is -2.11. The van der Waals surface area contributed by atoms with E-state index in [0.29, 0.717) is 6.61 Å². The summed E-state index contributed by atoms with van der Waals surface area (Å²) < 4.78 is 5.67. The number of ether oxygens (including phenoxy) is 1. The number of aliphatic hydroxyl groups is 1. The minimum Gasteiger partial charge on any atom is -0.391 e. The van der Waals surface area contributed by atoms with E-state index in [1.807, 2.05) is 0 Å². The Kier molecular flexibility index (Phi) is 27.4. The number of rotatable bonds is 26. The average molecular weight is 439 g/mol. The summed E-state index contributed by atoms with van der Waals surface area (Å²) in [6.07, 6.45) is 33.3. The molecule has 0 aliphatic rings. The minimum atomic E-state index is -0.257. The van der Waals surface area contributed by atoms with E-state index in [1.54, 1.807) is 0 Å². The summed E-state index contributed by atoms with van der Waals surface area (Å²) in [6.45, 7) is 5.88. The Morgan fingerprint density at radius 3 is 1.55 bits per heavy atom. The number of aliphatic hydroxyl groups excluding tert-OH is 1. The second-order valence-electron chi connectivity index (χ2n) is 9.58. The molecule has 2 nitrogen and oxygen atoms in total. The van der Waals surface area contributed by atoms with Crippen LogP contribution in [0.2, 0.25) is 0 Å². The molecular formula is C29H58O2. The van der Waals surface area contributed by atoms with Gasteiger partial charge in [0, 0.05) is 6.61 Å². The monoisotopic (exact) mass is 438 g/mol. The molecular weight excluding hydrogens is 380 g/mol. The Morgan fingerprint density at radius 2 is 0.968 bits per heavy atom. The third kappa shape index (κ3) is 27.6. The zero-order chi connectivity index (χ0) is 22.7. The molecule has 0 saturated heterocycles. The van der Waals surface area contributed by atoms with E-state index in [0.717, 1.165) is 25.9 Å². The molecule has 0 rings (SSSR count). The quantitative estimate of drug-likeness (QED) is 0.108. The van der Waals surface area contributed by atoms with Crippen molar-refractivity contribution in [3.8, 4) is 0 Å². The first kappa shape index (κ1) is 30.7. The average Bonchev–Trinajstić information content (AvgIpc) is 2.77. The van der Waals surface area contributed by atoms with Crippen LogP contribution < -0.4 is 0 Å². The Balaban J connectivity index is 3.14. The first-order chi connectivity index (χ1) is 15.3. The summed E-state index contributed by atoms with van der Waals surface area (Å²) in [4.78, 5) is 0. The fraction of sp³-hybridized carbons (Fsp3) is 0.931. The molecule has 2 heteroatoms. The Bertz CT molecular complexity index is 340. The standard InChI is InChI=1S/C29H58O2/c1-3-5-7-9-11-12-13-14-15-16-17-18-19-21-23-25-27-31-28-29(30)26-24-22-20-10-8-6-4-2/h11-12,29-30H,3-10,13-28H2,1-2H3. The van der Waals surface area contributed by atoms with Crippen LogP contribution in [0.4, 0.5) is 0 Å². The first-order valence-electron chi connectivity index (χ1n) is 14.2. The highest BCUT2D eigenvalue weighted by atomic mass is 16.5. The van der Waals surface area contributed by atoms with Crippen molar-refractivity contribution in [2.24, 2.45) is 0 Å². The molecule has 0 aromatic carbocycles. The lowest BCUT2D eigenvalue weighted by molar-refractivity contribution is 0.0297. The SMILES string of the molecule is CCCCCC=CCCCCCCCCCCCOCC(O)CCCCCCCCC. The van der Waals surface area contributed by atoms with Gasteiger partial charge in [-0.3, -0.25) is 0 Å². The van der Waals surface area contributed by atoms with Crippen molar-refractivity contribution in [3.05, 3.63) is 12.2 Å². The highest BCUT2D eigenvalue weighted by molar-refractivity contribution is 4.81. The number of hydrogen-bond acceptors (Lipinski definition) is 2. The molecule has 0 radical (unpaired) electrons. The van der Waals surface area contributed by atoms with Gasteiger partial charge in [0.2, 0.25) is 0 Å². The van der Waals surface area contributed by atoms with Crippen molar-refractivity contribution in [2.75, 3.05) is 13.2 Å². The summed E-state index contributed by atoms with van der Waals surface area (Å²) in [7, 11) is 0. The molecule has 0 spiro atoms. The summed E-state index contributed by atoms with van der Waals surface area (Å²) in [5, 5.41) is 10.00. The van der Waals surface area contributed by atoms with Crippen molar-refractivity contribution in [3.63, 3.8) is 0 Å². The maximum atomic E-state index is 10.00. The van der Waals surface area contributed by atoms with Gasteiger partial charge in [0.1, 0.15) is 0 Å². The fourth-order valence-corrected chi connectivity index (χ4v) is 4.09. The van der Waals surface area contributed by atoms with Crippen LogP contribution >= 0.6 is 0 Å². The summed E-state index contributed by atoms with van der Waals surface area (Å²) >= 11 is 0. The minimum absolute atomic E-state index is 0.257. The Hall–Kier alpha value is -0.340. The smallest absolute Gasteiger partial charge is 0.0773 e. The molecule has 1 unspecified atom stereocenters. The van der Waals surface area contributed by atoms with Crippen molar-refractivity contribution < 1.29 is 9.84 Å². The van der Waals surface area contributed by atoms with Gasteiger partial charge in [0.25, 0.3) is 0 Å². The van der Waals surface area contributed by atoms with Crippen LogP contribution in [0.5, 0.6) is 0 Å². The molecule has 0 aliphatic carbocycles. The lowest BCUT2D eigenvalue weighted by Crippen LogP contribution is -2.15. The molecule has 0 aromatic rings. The predicted octanol–water partition coefficient (Wildman–Crippen LogP) is 9.54. The zero-order valence-electron chi connectivity index (χ0n) is 21.6. The van der Waals surface area contributed by atoms with Gasteiger partial charge >= 0.3 is 0 Å². The molecule has 0 bridgehead atoms. The van der Waals surface area contributed by atoms with Crippen molar-refractivity contribution in [1.29, 1.82) is 0 Å². The molecule has 31 heavy (non-hydrogen) atoms. The van der Waals surface area contributed by atoms with E-state index in [2.05, 4.69) is 26.0 Å². The van der Waals surface area contributed by atoms with Crippen molar-refractivity contribution in [1.82, 2.24) is 0 Å². The second-order valence-corrected chi connectivity index (χ2v) is 9.58. The normalized spacial score (nSPS) is 12.7. The van der Waals surface area contributed by atoms with Crippen LogP contribution in [0.3, 0.4) is 0 Å². The Morgan fingerprint density at radius 1 is 0.548 bits per heavy atom. The van der Waals surface area contributed by atoms with Crippen LogP contribution in [0.1, 0.15) is 155 Å². The molecule has 0 saturated carbocycles. The van der Waals surface area contributed by atoms with E-state index in [-0.39, 0.29) is 6.10 Å². The van der Waals surface area contributed by atoms with Gasteiger partial charge in [-0.25, -0.2) is 0 Å². The fourth-order valence-electron chi connectivity index (χ4n) is 4.09. The summed E-state index contributed by atoms with van der Waals surface area (Å²) in [5.74, 6) is 0. The topological polar surface area (TPSA) is 29.5 Å². The van der Waals surface area contributed by atoms with E-state index >= 15 is 0 Å². The maximum Gasteiger partial charge on any atom is 0.0773 e. The van der Waals surface area contributed by atoms with E-state index in [1.165, 1.54) is 122 Å². The van der Waals surface area contributed by atoms with Gasteiger partial charge in [0.05, 0.1) is 12.7 Å². The number of allylic oxidation sites excluding steroid dienone is 2. The molecule has 1 atom stereocenters. The summed E-state index contributed by atoms with van der Waals surface area (Å²) in [6, 6.07) is 0. The van der Waals surface area contributed by atoms with E-state index < -0.39 is 0 Å². The third-order valence-corrected chi connectivity index (χ3v) is 6.25. The lowest BCUT2D eigenvalue weighted by atomic mass is 10.1. The highest BCUT2D eigenvalue weighted by Crippen LogP contribution is 2.12. The van der Waals surface area contributed by atoms with Crippen LogP contribution in [0, 0.1) is 0 Å². The van der Waals surface area contributed by atoms with Gasteiger partial charge in [-0.15, -0.1) is 0 Å². The third-order valence-electron chi connectivity index (χ3n) is 6.25. The van der Waals surface area contributed by atoms with E-state index in [4.69, 9.17) is 4.74 Å². The molecule has 0 fully saturated rings. The molecule has 0 aromatic heterocycles. The van der Waals surface area contributed by atoms with Crippen LogP contribution in [-0.4, -0.2) is 24.4 Å². The molecule has 0 aliphatic heterocycles. The van der Waals surface area contributed by atoms with Crippen LogP contribution in [0.15, 0.2) is 12.2 Å². The molecule has 0 amide bonds. The van der Waals surface area contributed by atoms with Gasteiger partial charge in [-0.1, -0.05) is 129 Å². The summed E-state index contributed by atoms with van der Waals surface area (Å²) in [5.41, 5.74) is 0. The predicted molar refractivity (Wildman–Crippen MR) is 139 cm³/mol. The largest absolute Gasteiger partial charge is 0.391 e. The molecule has 186 valence electrons. The first-order valence-corrected chi connectivity index (χ1v) is 14.2. The van der Waals surface area contributed by atoms with Gasteiger partial charge < -0.3 is 9.84 Å². The molecule has 1 N–H and O–H groups in total. The second kappa shape index (κ2) is 27.7. The van der Waals surface area contributed by atoms with Crippen molar-refractivity contribution in [2.45, 2.75) is 161 Å². The Labute approximate surface area is 196 Å². The van der Waals surface area contributed by atoms with Gasteiger partial charge in [0.15, 0.2) is 0 Å². The van der Waals surface area contributed by atoms with Gasteiger partial charge in [-0.2, -0.15) is 0 Å². The highest BCUT2D eigenvalue weighted by Gasteiger charge is 2.04. The zero-order valence-corrected chi connectivity index (χ0v) is 21.6. The van der Waals surface area contributed by atoms with Gasteiger partial charge in [-0.05, 0) is 38.5 Å². The van der Waals surface area contributed by atoms with Crippen LogP contribution in [-0.2, 0) is 4.74 Å². The maximum absolute atomic E-state index is 10.00. The van der Waals surface area contributed by atoms with E-state index in [9.17, 15) is 5.11 Å². The van der Waals surface area contributed by atoms with Crippen molar-refractivity contribution >= 4 is 0 Å². The number of unbranched alkanes of at least 4 members (excludes halogenated alkanes) is 18. The van der Waals surface area contributed by atoms with Crippen LogP contribution in [0.25, 0.3) is 0 Å². The number of hydrogen-bond donors (Lipinski definition) is 1. The molecule has 0 heterocycles.